The average Bonchev–Trinajstić information content (AvgIpc) is 3.23. The van der Waals surface area contributed by atoms with E-state index in [1.54, 1.807) is 11.3 Å². The third-order valence-corrected chi connectivity index (χ3v) is 6.42. The maximum absolute atomic E-state index is 5.85. The van der Waals surface area contributed by atoms with E-state index in [0.29, 0.717) is 12.0 Å². The van der Waals surface area contributed by atoms with Gasteiger partial charge in [0.05, 0.1) is 5.69 Å². The Labute approximate surface area is 154 Å². The van der Waals surface area contributed by atoms with Crippen molar-refractivity contribution in [1.29, 1.82) is 0 Å². The van der Waals surface area contributed by atoms with Gasteiger partial charge >= 0.3 is 0 Å². The number of aryl methyl sites for hydroxylation is 1. The summed E-state index contributed by atoms with van der Waals surface area (Å²) < 4.78 is 5.85. The minimum absolute atomic E-state index is 0.559. The van der Waals surface area contributed by atoms with Gasteiger partial charge in [0.1, 0.15) is 17.4 Å². The molecule has 3 heterocycles. The molecule has 2 aromatic rings. The fraction of sp³-hybridized carbons (Fsp3) is 0.550. The molecule has 2 saturated heterocycles. The molecule has 1 aromatic heterocycles. The summed E-state index contributed by atoms with van der Waals surface area (Å²) in [5.74, 6) is 0.912. The molecular weight excluding hydrogens is 330 g/mol. The fourth-order valence-corrected chi connectivity index (χ4v) is 4.72. The van der Waals surface area contributed by atoms with Crippen LogP contribution in [-0.2, 0) is 13.2 Å². The summed E-state index contributed by atoms with van der Waals surface area (Å²) in [6, 6.07) is 8.19. The van der Waals surface area contributed by atoms with Crippen LogP contribution in [0.15, 0.2) is 29.6 Å². The minimum atomic E-state index is 0.559. The van der Waals surface area contributed by atoms with E-state index in [9.17, 15) is 0 Å². The van der Waals surface area contributed by atoms with E-state index in [2.05, 4.69) is 34.7 Å². The van der Waals surface area contributed by atoms with Crippen LogP contribution in [0.25, 0.3) is 0 Å². The zero-order chi connectivity index (χ0) is 17.1. The van der Waals surface area contributed by atoms with E-state index in [4.69, 9.17) is 9.72 Å². The average molecular weight is 358 g/mol. The highest BCUT2D eigenvalue weighted by Gasteiger charge is 2.38. The van der Waals surface area contributed by atoms with E-state index in [1.807, 2.05) is 12.1 Å². The van der Waals surface area contributed by atoms with Gasteiger partial charge in [0.25, 0.3) is 0 Å². The number of rotatable bonds is 5. The Morgan fingerprint density at radius 1 is 1.20 bits per heavy atom. The summed E-state index contributed by atoms with van der Waals surface area (Å²) >= 11 is 1.71. The van der Waals surface area contributed by atoms with Crippen molar-refractivity contribution < 1.29 is 4.74 Å². The number of nitrogens with one attached hydrogen (secondary N) is 1. The Morgan fingerprint density at radius 2 is 2.00 bits per heavy atom. The topological polar surface area (TPSA) is 37.4 Å². The molecule has 0 radical (unpaired) electrons. The van der Waals surface area contributed by atoms with Gasteiger partial charge in [-0.1, -0.05) is 17.7 Å². The minimum Gasteiger partial charge on any atom is -0.486 e. The number of nitrogens with zero attached hydrogens (tertiary/aromatic N) is 2. The molecule has 0 amide bonds. The number of hydrogen-bond acceptors (Lipinski definition) is 5. The normalized spacial score (nSPS) is 20.2. The van der Waals surface area contributed by atoms with Gasteiger partial charge in [-0.25, -0.2) is 4.98 Å². The summed E-state index contributed by atoms with van der Waals surface area (Å²) in [5.41, 5.74) is 3.01. The summed E-state index contributed by atoms with van der Waals surface area (Å²) in [6.45, 7) is 8.45. The van der Waals surface area contributed by atoms with Crippen LogP contribution in [0, 0.1) is 12.3 Å². The van der Waals surface area contributed by atoms with Crippen LogP contribution in [-0.4, -0.2) is 36.1 Å². The lowest BCUT2D eigenvalue weighted by Gasteiger charge is -2.33. The van der Waals surface area contributed by atoms with E-state index in [1.165, 1.54) is 56.7 Å². The first-order valence-electron chi connectivity index (χ1n) is 9.27. The van der Waals surface area contributed by atoms with Crippen LogP contribution in [0.2, 0.25) is 0 Å². The second-order valence-corrected chi connectivity index (χ2v) is 8.49. The highest BCUT2D eigenvalue weighted by molar-refractivity contribution is 7.09. The first-order chi connectivity index (χ1) is 12.2. The highest BCUT2D eigenvalue weighted by atomic mass is 32.1. The van der Waals surface area contributed by atoms with Gasteiger partial charge in [-0.05, 0) is 63.4 Å². The second-order valence-electron chi connectivity index (χ2n) is 7.54. The van der Waals surface area contributed by atoms with Crippen molar-refractivity contribution in [3.63, 3.8) is 0 Å². The molecule has 1 spiro atoms. The van der Waals surface area contributed by atoms with Crippen molar-refractivity contribution in [1.82, 2.24) is 15.2 Å². The van der Waals surface area contributed by atoms with Crippen LogP contribution in [0.4, 0.5) is 0 Å². The van der Waals surface area contributed by atoms with Gasteiger partial charge in [0.15, 0.2) is 0 Å². The van der Waals surface area contributed by atoms with E-state index >= 15 is 0 Å². The number of piperidine rings is 1. The van der Waals surface area contributed by atoms with Gasteiger partial charge in [-0.3, -0.25) is 4.90 Å². The van der Waals surface area contributed by atoms with E-state index < -0.39 is 0 Å². The molecule has 4 nitrogen and oxygen atoms in total. The highest BCUT2D eigenvalue weighted by Crippen LogP contribution is 2.39. The quantitative estimate of drug-likeness (QED) is 0.887. The summed E-state index contributed by atoms with van der Waals surface area (Å²) in [5, 5.41) is 6.75. The summed E-state index contributed by atoms with van der Waals surface area (Å²) in [4.78, 5) is 7.37. The number of benzene rings is 1. The Bertz CT molecular complexity index is 691. The molecule has 1 N–H and O–H groups in total. The predicted octanol–water partition coefficient (Wildman–Crippen LogP) is 3.61. The molecule has 5 heteroatoms. The third-order valence-electron chi connectivity index (χ3n) is 5.55. The number of aromatic nitrogens is 1. The van der Waals surface area contributed by atoms with Crippen molar-refractivity contribution >= 4 is 11.3 Å². The van der Waals surface area contributed by atoms with Crippen molar-refractivity contribution in [2.75, 3.05) is 26.2 Å². The van der Waals surface area contributed by atoms with Gasteiger partial charge in [0.2, 0.25) is 0 Å². The van der Waals surface area contributed by atoms with Crippen molar-refractivity contribution in [2.24, 2.45) is 5.41 Å². The molecule has 134 valence electrons. The number of likely N-dealkylation sites (tertiary alicyclic amines) is 1. The third kappa shape index (κ3) is 4.22. The second kappa shape index (κ2) is 7.44. The first kappa shape index (κ1) is 17.0. The molecule has 4 rings (SSSR count). The lowest BCUT2D eigenvalue weighted by atomic mass is 9.78. The molecule has 0 saturated carbocycles. The van der Waals surface area contributed by atoms with Crippen molar-refractivity contribution in [3.8, 4) is 5.75 Å². The zero-order valence-electron chi connectivity index (χ0n) is 15.0. The number of ether oxygens (including phenoxy) is 1. The lowest BCUT2D eigenvalue weighted by Crippen LogP contribution is -2.38. The van der Waals surface area contributed by atoms with E-state index in [-0.39, 0.29) is 0 Å². The zero-order valence-corrected chi connectivity index (χ0v) is 15.8. The van der Waals surface area contributed by atoms with Gasteiger partial charge in [-0.15, -0.1) is 11.3 Å². The van der Waals surface area contributed by atoms with Gasteiger partial charge < -0.3 is 10.1 Å². The first-order valence-corrected chi connectivity index (χ1v) is 10.1. The molecule has 1 aromatic carbocycles. The Kier molecular flexibility index (Phi) is 5.06. The molecule has 0 aliphatic carbocycles. The Balaban J connectivity index is 1.29. The smallest absolute Gasteiger partial charge is 0.140 e. The molecule has 0 bridgehead atoms. The van der Waals surface area contributed by atoms with Crippen LogP contribution in [0.3, 0.4) is 0 Å². The largest absolute Gasteiger partial charge is 0.486 e. The van der Waals surface area contributed by atoms with Crippen LogP contribution < -0.4 is 10.1 Å². The Morgan fingerprint density at radius 3 is 2.80 bits per heavy atom. The maximum atomic E-state index is 5.85. The Hall–Kier alpha value is -1.43. The molecule has 2 aliphatic heterocycles. The SMILES string of the molecule is Cc1ccc(OCc2nc(CN3CCC4(CCNCC4)C3)cs2)cc1. The summed E-state index contributed by atoms with van der Waals surface area (Å²) in [6.07, 6.45) is 4.01. The van der Waals surface area contributed by atoms with Crippen molar-refractivity contribution in [3.05, 3.63) is 45.9 Å². The standard InChI is InChI=1S/C20H27N3OS/c1-16-2-4-18(5-3-16)24-13-19-22-17(14-25-19)12-23-11-8-20(15-23)6-9-21-10-7-20/h2-5,14,21H,6-13,15H2,1H3. The monoisotopic (exact) mass is 357 g/mol. The molecule has 0 atom stereocenters. The number of thiazole rings is 1. The van der Waals surface area contributed by atoms with Gasteiger partial charge in [-0.2, -0.15) is 0 Å². The molecule has 0 unspecified atom stereocenters. The van der Waals surface area contributed by atoms with Crippen molar-refractivity contribution in [2.45, 2.75) is 39.3 Å². The number of hydrogen-bond donors (Lipinski definition) is 1. The molecule has 25 heavy (non-hydrogen) atoms. The van der Waals surface area contributed by atoms with E-state index in [0.717, 1.165) is 17.3 Å². The summed E-state index contributed by atoms with van der Waals surface area (Å²) in [7, 11) is 0. The molecule has 2 fully saturated rings. The van der Waals surface area contributed by atoms with Crippen LogP contribution in [0.1, 0.15) is 35.5 Å². The predicted molar refractivity (Wildman–Crippen MR) is 102 cm³/mol. The lowest BCUT2D eigenvalue weighted by molar-refractivity contribution is 0.193. The fourth-order valence-electron chi connectivity index (χ4n) is 4.02. The molecular formula is C20H27N3OS. The maximum Gasteiger partial charge on any atom is 0.140 e. The van der Waals surface area contributed by atoms with Gasteiger partial charge in [0, 0.05) is 18.5 Å². The van der Waals surface area contributed by atoms with Crippen LogP contribution in [0.5, 0.6) is 5.75 Å². The molecule has 2 aliphatic rings. The van der Waals surface area contributed by atoms with Crippen LogP contribution >= 0.6 is 11.3 Å².